The molecule has 0 amide bonds. The first-order chi connectivity index (χ1) is 21.2. The van der Waals surface area contributed by atoms with Gasteiger partial charge in [-0.3, -0.25) is 4.79 Å². The Balaban J connectivity index is 3.86. The lowest BCUT2D eigenvalue weighted by Gasteiger charge is -2.18. The van der Waals surface area contributed by atoms with E-state index in [4.69, 9.17) is 9.47 Å². The number of Topliss-reactive ketones (excluding diaryl/α,β-unsaturated/α-hetero) is 1. The van der Waals surface area contributed by atoms with Gasteiger partial charge in [0.2, 0.25) is 6.29 Å². The summed E-state index contributed by atoms with van der Waals surface area (Å²) in [5.41, 5.74) is 0. The van der Waals surface area contributed by atoms with E-state index >= 15 is 0 Å². The molecule has 0 aromatic rings. The Morgan fingerprint density at radius 2 is 0.953 bits per heavy atom. The molecule has 1 N–H and O–H groups in total. The maximum Gasteiger partial charge on any atom is 0.217 e. The average molecular weight is 607 g/mol. The standard InChI is InChI=1S/C39H74O4/c1-4-7-10-13-14-15-16-17-18-19-20-21-22-23-24-27-32-37(40)33-28-29-34-38(41)39(42-35-30-25-11-8-5-2)43-36-31-26-12-9-6-3/h14-15,17-18,37,39-40H,4-13,16,19-36H2,1-3H3/b15-14-,18-17-. The summed E-state index contributed by atoms with van der Waals surface area (Å²) in [5, 5.41) is 10.4. The molecule has 0 saturated carbocycles. The summed E-state index contributed by atoms with van der Waals surface area (Å²) in [6.45, 7) is 7.89. The fourth-order valence-corrected chi connectivity index (χ4v) is 5.34. The van der Waals surface area contributed by atoms with E-state index in [-0.39, 0.29) is 11.9 Å². The molecule has 0 aliphatic carbocycles. The molecular weight excluding hydrogens is 532 g/mol. The van der Waals surface area contributed by atoms with Gasteiger partial charge in [0.15, 0.2) is 5.78 Å². The molecule has 0 spiro atoms. The van der Waals surface area contributed by atoms with Crippen LogP contribution in [0.3, 0.4) is 0 Å². The van der Waals surface area contributed by atoms with Crippen LogP contribution in [-0.2, 0) is 14.3 Å². The van der Waals surface area contributed by atoms with Gasteiger partial charge in [-0.2, -0.15) is 0 Å². The van der Waals surface area contributed by atoms with Crippen molar-refractivity contribution in [2.75, 3.05) is 13.2 Å². The third kappa shape index (κ3) is 32.2. The van der Waals surface area contributed by atoms with E-state index in [2.05, 4.69) is 45.1 Å². The second-order valence-corrected chi connectivity index (χ2v) is 12.6. The first-order valence-corrected chi connectivity index (χ1v) is 18.9. The first kappa shape index (κ1) is 42.0. The Morgan fingerprint density at radius 1 is 0.535 bits per heavy atom. The number of hydrogen-bond acceptors (Lipinski definition) is 4. The van der Waals surface area contributed by atoms with Crippen LogP contribution >= 0.6 is 0 Å². The molecular formula is C39H74O4. The predicted octanol–water partition coefficient (Wildman–Crippen LogP) is 12.0. The van der Waals surface area contributed by atoms with Crippen molar-refractivity contribution >= 4 is 5.78 Å². The Labute approximate surface area is 268 Å². The highest BCUT2D eigenvalue weighted by molar-refractivity contribution is 5.81. The number of hydrogen-bond donors (Lipinski definition) is 1. The van der Waals surface area contributed by atoms with Crippen LogP contribution < -0.4 is 0 Å². The lowest BCUT2D eigenvalue weighted by molar-refractivity contribution is -0.171. The van der Waals surface area contributed by atoms with E-state index in [0.29, 0.717) is 19.6 Å². The quantitative estimate of drug-likeness (QED) is 0.0443. The highest BCUT2D eigenvalue weighted by atomic mass is 16.7. The summed E-state index contributed by atoms with van der Waals surface area (Å²) in [7, 11) is 0. The summed E-state index contributed by atoms with van der Waals surface area (Å²) in [6.07, 6.45) is 38.8. The Hall–Kier alpha value is -0.970. The molecule has 0 aliphatic heterocycles. The molecule has 0 heterocycles. The Morgan fingerprint density at radius 3 is 1.51 bits per heavy atom. The van der Waals surface area contributed by atoms with Gasteiger partial charge in [-0.05, 0) is 64.2 Å². The molecule has 254 valence electrons. The van der Waals surface area contributed by atoms with Gasteiger partial charge in [0.25, 0.3) is 0 Å². The normalized spacial score (nSPS) is 12.8. The number of carbonyl (C=O) groups excluding carboxylic acids is 1. The molecule has 0 aliphatic rings. The lowest BCUT2D eigenvalue weighted by Crippen LogP contribution is -2.28. The highest BCUT2D eigenvalue weighted by Gasteiger charge is 2.19. The molecule has 0 bridgehead atoms. The number of rotatable bonds is 35. The molecule has 0 aromatic heterocycles. The minimum absolute atomic E-state index is 0.0711. The predicted molar refractivity (Wildman–Crippen MR) is 187 cm³/mol. The lowest BCUT2D eigenvalue weighted by atomic mass is 10.0. The van der Waals surface area contributed by atoms with Crippen molar-refractivity contribution in [3.8, 4) is 0 Å². The van der Waals surface area contributed by atoms with Crippen LogP contribution in [0.25, 0.3) is 0 Å². The van der Waals surface area contributed by atoms with Crippen LogP contribution in [0.2, 0.25) is 0 Å². The Kier molecular flexibility index (Phi) is 34.7. The summed E-state index contributed by atoms with van der Waals surface area (Å²) in [5.74, 6) is 0.0711. The van der Waals surface area contributed by atoms with Crippen LogP contribution in [0, 0.1) is 0 Å². The van der Waals surface area contributed by atoms with Crippen molar-refractivity contribution in [2.45, 2.75) is 207 Å². The SMILES string of the molecule is CCCCC/C=C\C/C=C\CCCCCCCCC(O)CCCCC(=O)C(OCCCCCCC)OCCCCCCC. The zero-order chi connectivity index (χ0) is 31.5. The zero-order valence-corrected chi connectivity index (χ0v) is 29.1. The molecule has 1 unspecified atom stereocenters. The largest absolute Gasteiger partial charge is 0.393 e. The van der Waals surface area contributed by atoms with Gasteiger partial charge in [0.1, 0.15) is 0 Å². The van der Waals surface area contributed by atoms with Gasteiger partial charge in [-0.15, -0.1) is 0 Å². The molecule has 4 nitrogen and oxygen atoms in total. The van der Waals surface area contributed by atoms with Gasteiger partial charge in [-0.25, -0.2) is 0 Å². The van der Waals surface area contributed by atoms with E-state index in [1.54, 1.807) is 0 Å². The van der Waals surface area contributed by atoms with Gasteiger partial charge >= 0.3 is 0 Å². The Bertz CT molecular complexity index is 598. The third-order valence-corrected chi connectivity index (χ3v) is 8.25. The number of aliphatic hydroxyl groups is 1. The molecule has 0 fully saturated rings. The second-order valence-electron chi connectivity index (χ2n) is 12.6. The van der Waals surface area contributed by atoms with E-state index in [0.717, 1.165) is 64.2 Å². The summed E-state index contributed by atoms with van der Waals surface area (Å²) in [6, 6.07) is 0. The summed E-state index contributed by atoms with van der Waals surface area (Å²) < 4.78 is 11.8. The number of allylic oxidation sites excluding steroid dienone is 4. The zero-order valence-electron chi connectivity index (χ0n) is 29.1. The maximum absolute atomic E-state index is 12.8. The summed E-state index contributed by atoms with van der Waals surface area (Å²) >= 11 is 0. The average Bonchev–Trinajstić information content (AvgIpc) is 3.01. The molecule has 0 rings (SSSR count). The van der Waals surface area contributed by atoms with Gasteiger partial charge in [0.05, 0.1) is 19.3 Å². The van der Waals surface area contributed by atoms with E-state index in [1.807, 2.05) is 0 Å². The van der Waals surface area contributed by atoms with Crippen molar-refractivity contribution in [3.63, 3.8) is 0 Å². The van der Waals surface area contributed by atoms with Gasteiger partial charge in [0, 0.05) is 6.42 Å². The molecule has 0 aromatic carbocycles. The van der Waals surface area contributed by atoms with Crippen LogP contribution in [0.15, 0.2) is 24.3 Å². The third-order valence-electron chi connectivity index (χ3n) is 8.25. The smallest absolute Gasteiger partial charge is 0.217 e. The van der Waals surface area contributed by atoms with Crippen molar-refractivity contribution in [2.24, 2.45) is 0 Å². The first-order valence-electron chi connectivity index (χ1n) is 18.9. The molecule has 43 heavy (non-hydrogen) atoms. The van der Waals surface area contributed by atoms with Gasteiger partial charge in [-0.1, -0.05) is 148 Å². The van der Waals surface area contributed by atoms with Crippen LogP contribution in [0.4, 0.5) is 0 Å². The number of unbranched alkanes of at least 4 members (excludes halogenated alkanes) is 18. The van der Waals surface area contributed by atoms with Crippen molar-refractivity contribution in [1.29, 1.82) is 0 Å². The minimum atomic E-state index is -0.708. The number of carbonyl (C=O) groups is 1. The van der Waals surface area contributed by atoms with Crippen LogP contribution in [0.1, 0.15) is 194 Å². The van der Waals surface area contributed by atoms with E-state index < -0.39 is 6.29 Å². The second kappa shape index (κ2) is 35.5. The van der Waals surface area contributed by atoms with Crippen LogP contribution in [0.5, 0.6) is 0 Å². The highest BCUT2D eigenvalue weighted by Crippen LogP contribution is 2.15. The molecule has 0 saturated heterocycles. The fraction of sp³-hybridized carbons (Fsp3) is 0.872. The van der Waals surface area contributed by atoms with E-state index in [9.17, 15) is 9.90 Å². The monoisotopic (exact) mass is 607 g/mol. The van der Waals surface area contributed by atoms with Crippen LogP contribution in [-0.4, -0.2) is 36.5 Å². The topological polar surface area (TPSA) is 55.8 Å². The summed E-state index contributed by atoms with van der Waals surface area (Å²) in [4.78, 5) is 12.8. The van der Waals surface area contributed by atoms with Gasteiger partial charge < -0.3 is 14.6 Å². The number of ether oxygens (including phenoxy) is 2. The molecule has 0 radical (unpaired) electrons. The minimum Gasteiger partial charge on any atom is -0.393 e. The fourth-order valence-electron chi connectivity index (χ4n) is 5.34. The van der Waals surface area contributed by atoms with E-state index in [1.165, 1.54) is 103 Å². The molecule has 4 heteroatoms. The number of aliphatic hydroxyl groups excluding tert-OH is 1. The maximum atomic E-state index is 12.8. The van der Waals surface area contributed by atoms with Crippen molar-refractivity contribution < 1.29 is 19.4 Å². The van der Waals surface area contributed by atoms with Crippen molar-refractivity contribution in [1.82, 2.24) is 0 Å². The molecule has 1 atom stereocenters. The van der Waals surface area contributed by atoms with Crippen molar-refractivity contribution in [3.05, 3.63) is 24.3 Å². The number of ketones is 1.